The van der Waals surface area contributed by atoms with Crippen molar-refractivity contribution in [2.45, 2.75) is 26.2 Å². The number of fused-ring (bicyclic) bond motifs is 1. The molecule has 1 unspecified atom stereocenters. The summed E-state index contributed by atoms with van der Waals surface area (Å²) in [5, 5.41) is 5.74. The molecule has 1 aromatic rings. The van der Waals surface area contributed by atoms with Gasteiger partial charge in [0.1, 0.15) is 0 Å². The van der Waals surface area contributed by atoms with Crippen LogP contribution in [0.3, 0.4) is 0 Å². The minimum atomic E-state index is -0.0588. The number of amides is 2. The summed E-state index contributed by atoms with van der Waals surface area (Å²) >= 11 is 0. The summed E-state index contributed by atoms with van der Waals surface area (Å²) in [5.74, 6) is 1.28. The third-order valence-electron chi connectivity index (χ3n) is 4.01. The van der Waals surface area contributed by atoms with Crippen molar-refractivity contribution in [3.63, 3.8) is 0 Å². The Bertz CT molecular complexity index is 535. The average Bonchev–Trinajstić information content (AvgIpc) is 3.16. The topological polar surface area (TPSA) is 58.2 Å². The van der Waals surface area contributed by atoms with E-state index in [1.807, 2.05) is 6.07 Å². The van der Waals surface area contributed by atoms with Crippen molar-refractivity contribution < 1.29 is 9.59 Å². The SMILES string of the molecule is CC(CNC(=O)c1ccc2c(c1)NC(=O)C2)C1CC1. The molecule has 1 heterocycles. The van der Waals surface area contributed by atoms with Crippen molar-refractivity contribution in [2.75, 3.05) is 11.9 Å². The van der Waals surface area contributed by atoms with Crippen LogP contribution >= 0.6 is 0 Å². The Kier molecular flexibility index (Phi) is 3.01. The van der Waals surface area contributed by atoms with Gasteiger partial charge in [0.15, 0.2) is 0 Å². The van der Waals surface area contributed by atoms with Gasteiger partial charge in [0, 0.05) is 17.8 Å². The first-order valence-corrected chi connectivity index (χ1v) is 6.84. The van der Waals surface area contributed by atoms with Crippen LogP contribution in [0.4, 0.5) is 5.69 Å². The summed E-state index contributed by atoms with van der Waals surface area (Å²) in [5.41, 5.74) is 2.35. The zero-order chi connectivity index (χ0) is 13.4. The molecule has 2 N–H and O–H groups in total. The monoisotopic (exact) mass is 258 g/mol. The van der Waals surface area contributed by atoms with Crippen molar-refractivity contribution in [1.29, 1.82) is 0 Å². The predicted octanol–water partition coefficient (Wildman–Crippen LogP) is 1.96. The largest absolute Gasteiger partial charge is 0.352 e. The van der Waals surface area contributed by atoms with E-state index in [0.717, 1.165) is 23.7 Å². The quantitative estimate of drug-likeness (QED) is 0.867. The lowest BCUT2D eigenvalue weighted by molar-refractivity contribution is -0.115. The zero-order valence-electron chi connectivity index (χ0n) is 11.0. The fourth-order valence-corrected chi connectivity index (χ4v) is 2.54. The molecule has 1 atom stereocenters. The van der Waals surface area contributed by atoms with Gasteiger partial charge < -0.3 is 10.6 Å². The summed E-state index contributed by atoms with van der Waals surface area (Å²) in [4.78, 5) is 23.3. The predicted molar refractivity (Wildman–Crippen MR) is 73.0 cm³/mol. The van der Waals surface area contributed by atoms with E-state index < -0.39 is 0 Å². The Balaban J connectivity index is 1.63. The molecule has 1 saturated carbocycles. The van der Waals surface area contributed by atoms with Gasteiger partial charge in [0.25, 0.3) is 5.91 Å². The van der Waals surface area contributed by atoms with Crippen LogP contribution in [0.1, 0.15) is 35.7 Å². The maximum atomic E-state index is 12.0. The number of anilines is 1. The molecule has 4 heteroatoms. The highest BCUT2D eigenvalue weighted by Gasteiger charge is 2.28. The number of benzene rings is 1. The smallest absolute Gasteiger partial charge is 0.251 e. The lowest BCUT2D eigenvalue weighted by atomic mass is 10.1. The van der Waals surface area contributed by atoms with Crippen LogP contribution in [0.25, 0.3) is 0 Å². The molecule has 100 valence electrons. The number of nitrogens with one attached hydrogen (secondary N) is 2. The molecule has 0 radical (unpaired) electrons. The highest BCUT2D eigenvalue weighted by Crippen LogP contribution is 2.36. The molecule has 2 amide bonds. The van der Waals surface area contributed by atoms with Gasteiger partial charge in [-0.2, -0.15) is 0 Å². The van der Waals surface area contributed by atoms with E-state index in [2.05, 4.69) is 17.6 Å². The number of hydrogen-bond donors (Lipinski definition) is 2. The number of rotatable bonds is 4. The van der Waals surface area contributed by atoms with Crippen molar-refractivity contribution in [3.05, 3.63) is 29.3 Å². The number of hydrogen-bond acceptors (Lipinski definition) is 2. The molecule has 0 spiro atoms. The molecule has 0 bridgehead atoms. The Labute approximate surface area is 112 Å². The molecular weight excluding hydrogens is 240 g/mol. The van der Waals surface area contributed by atoms with E-state index in [0.29, 0.717) is 17.9 Å². The second-order valence-electron chi connectivity index (χ2n) is 5.62. The van der Waals surface area contributed by atoms with E-state index in [-0.39, 0.29) is 11.8 Å². The summed E-state index contributed by atoms with van der Waals surface area (Å²) in [7, 11) is 0. The van der Waals surface area contributed by atoms with Crippen LogP contribution in [-0.4, -0.2) is 18.4 Å². The highest BCUT2D eigenvalue weighted by atomic mass is 16.2. The van der Waals surface area contributed by atoms with Gasteiger partial charge >= 0.3 is 0 Å². The van der Waals surface area contributed by atoms with Gasteiger partial charge in [0.2, 0.25) is 5.91 Å². The van der Waals surface area contributed by atoms with Gasteiger partial charge in [-0.1, -0.05) is 13.0 Å². The summed E-state index contributed by atoms with van der Waals surface area (Å²) in [6, 6.07) is 5.40. The van der Waals surface area contributed by atoms with Crippen LogP contribution in [0, 0.1) is 11.8 Å². The van der Waals surface area contributed by atoms with Crippen LogP contribution in [-0.2, 0) is 11.2 Å². The molecule has 0 saturated heterocycles. The average molecular weight is 258 g/mol. The second-order valence-corrected chi connectivity index (χ2v) is 5.62. The molecule has 1 aliphatic carbocycles. The fraction of sp³-hybridized carbons (Fsp3) is 0.467. The summed E-state index contributed by atoms with van der Waals surface area (Å²) in [6.07, 6.45) is 3.00. The van der Waals surface area contributed by atoms with E-state index >= 15 is 0 Å². The van der Waals surface area contributed by atoms with Crippen LogP contribution in [0.15, 0.2) is 18.2 Å². The van der Waals surface area contributed by atoms with Crippen molar-refractivity contribution in [2.24, 2.45) is 11.8 Å². The summed E-state index contributed by atoms with van der Waals surface area (Å²) in [6.45, 7) is 2.91. The maximum Gasteiger partial charge on any atom is 0.251 e. The first-order chi connectivity index (χ1) is 9.13. The van der Waals surface area contributed by atoms with E-state index in [1.165, 1.54) is 12.8 Å². The van der Waals surface area contributed by atoms with Crippen molar-refractivity contribution in [1.82, 2.24) is 5.32 Å². The van der Waals surface area contributed by atoms with Crippen LogP contribution in [0.2, 0.25) is 0 Å². The van der Waals surface area contributed by atoms with E-state index in [9.17, 15) is 9.59 Å². The standard InChI is InChI=1S/C15H18N2O2/c1-9(10-2-3-10)8-16-15(19)12-5-4-11-7-14(18)17-13(11)6-12/h4-6,9-10H,2-3,7-8H2,1H3,(H,16,19)(H,17,18). The van der Waals surface area contributed by atoms with Gasteiger partial charge in [-0.3, -0.25) is 9.59 Å². The Morgan fingerprint density at radius 1 is 1.47 bits per heavy atom. The second kappa shape index (κ2) is 4.68. The number of carbonyl (C=O) groups excluding carboxylic acids is 2. The van der Waals surface area contributed by atoms with Gasteiger partial charge in [-0.25, -0.2) is 0 Å². The van der Waals surface area contributed by atoms with E-state index in [1.54, 1.807) is 12.1 Å². The van der Waals surface area contributed by atoms with Gasteiger partial charge in [0.05, 0.1) is 6.42 Å². The summed E-state index contributed by atoms with van der Waals surface area (Å²) < 4.78 is 0. The molecule has 2 aliphatic rings. The Morgan fingerprint density at radius 3 is 3.00 bits per heavy atom. The van der Waals surface area contributed by atoms with Crippen LogP contribution < -0.4 is 10.6 Å². The molecule has 19 heavy (non-hydrogen) atoms. The van der Waals surface area contributed by atoms with Crippen molar-refractivity contribution >= 4 is 17.5 Å². The molecule has 1 aliphatic heterocycles. The van der Waals surface area contributed by atoms with Crippen molar-refractivity contribution in [3.8, 4) is 0 Å². The molecule has 4 nitrogen and oxygen atoms in total. The normalized spacial score (nSPS) is 18.7. The molecule has 3 rings (SSSR count). The minimum Gasteiger partial charge on any atom is -0.352 e. The molecular formula is C15H18N2O2. The third-order valence-corrected chi connectivity index (χ3v) is 4.01. The van der Waals surface area contributed by atoms with Gasteiger partial charge in [-0.05, 0) is 42.4 Å². The zero-order valence-corrected chi connectivity index (χ0v) is 11.0. The van der Waals surface area contributed by atoms with Crippen LogP contribution in [0.5, 0.6) is 0 Å². The Hall–Kier alpha value is -1.84. The first kappa shape index (κ1) is 12.2. The lowest BCUT2D eigenvalue weighted by Gasteiger charge is -2.11. The molecule has 1 aromatic carbocycles. The third kappa shape index (κ3) is 2.62. The lowest BCUT2D eigenvalue weighted by Crippen LogP contribution is -2.29. The van der Waals surface area contributed by atoms with Gasteiger partial charge in [-0.15, -0.1) is 0 Å². The fourth-order valence-electron chi connectivity index (χ4n) is 2.54. The maximum absolute atomic E-state index is 12.0. The first-order valence-electron chi connectivity index (χ1n) is 6.84. The molecule has 1 fully saturated rings. The highest BCUT2D eigenvalue weighted by molar-refractivity contribution is 6.02. The van der Waals surface area contributed by atoms with E-state index in [4.69, 9.17) is 0 Å². The number of carbonyl (C=O) groups is 2. The minimum absolute atomic E-state index is 0.00471. The molecule has 0 aromatic heterocycles. The Morgan fingerprint density at radius 2 is 2.26 bits per heavy atom.